The molecule has 1 aliphatic rings. The number of hydrogen-bond acceptors (Lipinski definition) is 10. The highest BCUT2D eigenvalue weighted by Gasteiger charge is 2.47. The Labute approximate surface area is 551 Å². The highest BCUT2D eigenvalue weighted by molar-refractivity contribution is 5.80. The second kappa shape index (κ2) is 65.4. The van der Waals surface area contributed by atoms with Gasteiger partial charge in [-0.3, -0.25) is 9.59 Å². The molecule has 0 aliphatic carbocycles. The molecule has 8 unspecified atom stereocenters. The molecule has 1 rings (SSSR count). The van der Waals surface area contributed by atoms with Crippen molar-refractivity contribution in [2.75, 3.05) is 13.2 Å². The molecule has 0 aromatic rings. The first-order valence-electron chi connectivity index (χ1n) is 37.2. The van der Waals surface area contributed by atoms with Gasteiger partial charge in [0.2, 0.25) is 5.91 Å². The summed E-state index contributed by atoms with van der Waals surface area (Å²) in [6, 6.07) is -1.03. The fourth-order valence-electron chi connectivity index (χ4n) is 11.1. The molecule has 0 spiro atoms. The third-order valence-corrected chi connectivity index (χ3v) is 16.9. The maximum Gasteiger partial charge on any atom is 0.306 e. The Morgan fingerprint density at radius 3 is 1.22 bits per heavy atom. The van der Waals surface area contributed by atoms with E-state index in [0.717, 1.165) is 116 Å². The quantitative estimate of drug-likeness (QED) is 0.0195. The molecule has 0 aromatic carbocycles. The molecule has 0 saturated carbocycles. The number of rotatable bonds is 63. The number of ether oxygens (including phenoxy) is 3. The largest absolute Gasteiger partial charge is 0.454 e. The van der Waals surface area contributed by atoms with Crippen molar-refractivity contribution in [2.45, 2.75) is 365 Å². The number of hydrogen-bond donors (Lipinski definition) is 6. The number of unbranched alkanes of at least 4 members (excludes halogenated alkanes) is 33. The van der Waals surface area contributed by atoms with Crippen LogP contribution in [0.4, 0.5) is 0 Å². The predicted octanol–water partition coefficient (Wildman–Crippen LogP) is 19.6. The molecule has 1 saturated heterocycles. The van der Waals surface area contributed by atoms with Gasteiger partial charge in [0.25, 0.3) is 0 Å². The van der Waals surface area contributed by atoms with E-state index in [4.69, 9.17) is 14.2 Å². The van der Waals surface area contributed by atoms with Gasteiger partial charge in [0.05, 0.1) is 25.4 Å². The van der Waals surface area contributed by atoms with E-state index in [1.165, 1.54) is 154 Å². The van der Waals surface area contributed by atoms with E-state index in [2.05, 4.69) is 123 Å². The van der Waals surface area contributed by atoms with E-state index in [-0.39, 0.29) is 19.4 Å². The molecule has 0 radical (unpaired) electrons. The minimum Gasteiger partial charge on any atom is -0.454 e. The van der Waals surface area contributed by atoms with E-state index in [1.54, 1.807) is 6.08 Å². The number of aliphatic hydroxyl groups excluding tert-OH is 5. The van der Waals surface area contributed by atoms with Crippen LogP contribution in [0.15, 0.2) is 109 Å². The second-order valence-electron chi connectivity index (χ2n) is 25.3. The van der Waals surface area contributed by atoms with Crippen LogP contribution in [-0.4, -0.2) is 99.6 Å². The van der Waals surface area contributed by atoms with Crippen molar-refractivity contribution in [1.29, 1.82) is 0 Å². The number of carbonyl (C=O) groups is 2. The van der Waals surface area contributed by atoms with Gasteiger partial charge < -0.3 is 45.1 Å². The molecule has 1 aliphatic heterocycles. The summed E-state index contributed by atoms with van der Waals surface area (Å²) >= 11 is 0. The average molecular weight is 1260 g/mol. The topological polar surface area (TPSA) is 175 Å². The molecule has 0 aromatic heterocycles. The molecule has 1 amide bonds. The number of esters is 1. The third-order valence-electron chi connectivity index (χ3n) is 16.9. The van der Waals surface area contributed by atoms with Gasteiger partial charge in [-0.2, -0.15) is 0 Å². The zero-order valence-electron chi connectivity index (χ0n) is 57.7. The Balaban J connectivity index is 2.55. The predicted molar refractivity (Wildman–Crippen MR) is 379 cm³/mol. The van der Waals surface area contributed by atoms with Crippen molar-refractivity contribution in [1.82, 2.24) is 5.32 Å². The van der Waals surface area contributed by atoms with Gasteiger partial charge in [-0.1, -0.05) is 310 Å². The van der Waals surface area contributed by atoms with E-state index >= 15 is 0 Å². The lowest BCUT2D eigenvalue weighted by Gasteiger charge is -2.41. The summed E-state index contributed by atoms with van der Waals surface area (Å²) in [5.41, 5.74) is 0. The van der Waals surface area contributed by atoms with E-state index in [0.29, 0.717) is 12.8 Å². The molecule has 11 heteroatoms. The van der Waals surface area contributed by atoms with Crippen LogP contribution in [0.1, 0.15) is 316 Å². The van der Waals surface area contributed by atoms with Crippen LogP contribution in [0, 0.1) is 0 Å². The minimum atomic E-state index is -1.62. The monoisotopic (exact) mass is 1260 g/mol. The Morgan fingerprint density at radius 1 is 0.444 bits per heavy atom. The van der Waals surface area contributed by atoms with Crippen LogP contribution in [0.5, 0.6) is 0 Å². The number of allylic oxidation sites excluding steroid dienone is 17. The van der Waals surface area contributed by atoms with Crippen LogP contribution in [0.25, 0.3) is 0 Å². The van der Waals surface area contributed by atoms with Gasteiger partial charge in [-0.15, -0.1) is 0 Å². The Morgan fingerprint density at radius 2 is 0.800 bits per heavy atom. The van der Waals surface area contributed by atoms with Gasteiger partial charge in [0, 0.05) is 6.42 Å². The highest BCUT2D eigenvalue weighted by atomic mass is 16.7. The van der Waals surface area contributed by atoms with Crippen molar-refractivity contribution < 1.29 is 49.3 Å². The van der Waals surface area contributed by atoms with Gasteiger partial charge in [0.1, 0.15) is 24.4 Å². The van der Waals surface area contributed by atoms with E-state index in [9.17, 15) is 35.1 Å². The molecule has 0 bridgehead atoms. The maximum absolute atomic E-state index is 13.5. The highest BCUT2D eigenvalue weighted by Crippen LogP contribution is 2.26. The first kappa shape index (κ1) is 84.3. The Kier molecular flexibility index (Phi) is 61.3. The zero-order chi connectivity index (χ0) is 65.3. The van der Waals surface area contributed by atoms with Crippen LogP contribution >= 0.6 is 0 Å². The first-order chi connectivity index (χ1) is 44.2. The lowest BCUT2D eigenvalue weighted by molar-refractivity contribution is -0.305. The number of carbonyl (C=O) groups excluding carboxylic acids is 2. The van der Waals surface area contributed by atoms with Gasteiger partial charge >= 0.3 is 5.97 Å². The second-order valence-corrected chi connectivity index (χ2v) is 25.3. The molecular weight excluding hydrogens is 1120 g/mol. The van der Waals surface area contributed by atoms with Gasteiger partial charge in [-0.25, -0.2) is 0 Å². The van der Waals surface area contributed by atoms with Gasteiger partial charge in [-0.05, 0) is 109 Å². The molecule has 518 valence electrons. The summed E-state index contributed by atoms with van der Waals surface area (Å²) < 4.78 is 17.7. The molecule has 90 heavy (non-hydrogen) atoms. The van der Waals surface area contributed by atoms with Crippen molar-refractivity contribution in [3.8, 4) is 0 Å². The standard InChI is InChI=1S/C79H137NO10/c1-4-7-10-13-16-19-22-25-27-29-31-33-35-36-37-38-39-41-43-45-47-49-52-55-58-61-64-67-74(84)90-77-76(86)75(85)73(68-81)89-79(77)88-69-70(71(82)65-62-59-56-53-50-24-21-18-15-12-9-6-3)80-78(87)72(83)66-63-60-57-54-51-48-46-44-42-40-34-32-30-28-26-23-20-17-14-11-8-5-2/h7,10,16-17,19-20,25-28,31,33,36-37,39,41,62,65,70-73,75-77,79,81-83,85-86H,4-6,8-9,11-15,18,21-24,29-30,32,34-35,38,40,42-61,63-64,66-69H2,1-3H3,(H,80,87)/b10-7-,19-16-,20-17-,27-25-,28-26-,33-31-,37-36-,41-39-,65-62+. The number of aliphatic hydroxyl groups is 5. The molecule has 11 nitrogen and oxygen atoms in total. The lowest BCUT2D eigenvalue weighted by atomic mass is 9.99. The smallest absolute Gasteiger partial charge is 0.306 e. The SMILES string of the molecule is CC/C=C\C/C=C\C/C=C\C/C=C\C/C=C\C/C=C\CCCCCCCCCCC(=O)OC1C(OCC(NC(=O)C(O)CCCCCCCCCCCCCC/C=C\C/C=C\CCCCC)C(O)/C=C/CCCCCCCCCCCC)OC(CO)C(O)C1O. The van der Waals surface area contributed by atoms with Crippen molar-refractivity contribution in [3.05, 3.63) is 109 Å². The van der Waals surface area contributed by atoms with Crippen LogP contribution in [-0.2, 0) is 23.8 Å². The normalized spacial score (nSPS) is 18.7. The van der Waals surface area contributed by atoms with Crippen LogP contribution in [0.3, 0.4) is 0 Å². The lowest BCUT2D eigenvalue weighted by Crippen LogP contribution is -2.61. The minimum absolute atomic E-state index is 0.109. The summed E-state index contributed by atoms with van der Waals surface area (Å²) in [4.78, 5) is 26.7. The van der Waals surface area contributed by atoms with Crippen molar-refractivity contribution in [2.24, 2.45) is 0 Å². The number of nitrogens with one attached hydrogen (secondary N) is 1. The van der Waals surface area contributed by atoms with Crippen LogP contribution in [0.2, 0.25) is 0 Å². The fourth-order valence-corrected chi connectivity index (χ4v) is 11.1. The van der Waals surface area contributed by atoms with Crippen molar-refractivity contribution in [3.63, 3.8) is 0 Å². The first-order valence-corrected chi connectivity index (χ1v) is 37.2. The Hall–Kier alpha value is -3.68. The molecule has 6 N–H and O–H groups in total. The molecular formula is C79H137NO10. The molecule has 1 heterocycles. The summed E-state index contributed by atoms with van der Waals surface area (Å²) in [5.74, 6) is -1.20. The van der Waals surface area contributed by atoms with E-state index in [1.807, 2.05) is 6.08 Å². The maximum atomic E-state index is 13.5. The summed E-state index contributed by atoms with van der Waals surface area (Å²) in [6.45, 7) is 5.68. The molecule has 8 atom stereocenters. The average Bonchev–Trinajstić information content (AvgIpc) is 3.71. The fraction of sp³-hybridized carbons (Fsp3) is 0.747. The van der Waals surface area contributed by atoms with Crippen molar-refractivity contribution >= 4 is 11.9 Å². The van der Waals surface area contributed by atoms with E-state index < -0.39 is 67.4 Å². The zero-order valence-corrected chi connectivity index (χ0v) is 57.7. The summed E-state index contributed by atoms with van der Waals surface area (Å²) in [7, 11) is 0. The van der Waals surface area contributed by atoms with Gasteiger partial charge in [0.15, 0.2) is 12.4 Å². The molecule has 1 fully saturated rings. The van der Waals surface area contributed by atoms with Crippen LogP contribution < -0.4 is 5.32 Å². The number of amides is 1. The summed E-state index contributed by atoms with van der Waals surface area (Å²) in [5, 5.41) is 57.3. The Bertz CT molecular complexity index is 1890. The third kappa shape index (κ3) is 51.8. The summed E-state index contributed by atoms with van der Waals surface area (Å²) in [6.07, 6.45) is 79.8.